The lowest BCUT2D eigenvalue weighted by Gasteiger charge is -2.18. The maximum Gasteiger partial charge on any atom is 0.255 e. The Hall–Kier alpha value is -2.24. The van der Waals surface area contributed by atoms with Crippen LogP contribution in [0, 0.1) is 0 Å². The van der Waals surface area contributed by atoms with E-state index >= 15 is 0 Å². The van der Waals surface area contributed by atoms with Crippen LogP contribution >= 0.6 is 0 Å². The average molecular weight is 252 g/mol. The van der Waals surface area contributed by atoms with Crippen molar-refractivity contribution in [1.82, 2.24) is 10.2 Å². The van der Waals surface area contributed by atoms with Crippen molar-refractivity contribution in [3.63, 3.8) is 0 Å². The van der Waals surface area contributed by atoms with Gasteiger partial charge < -0.3 is 20.4 Å². The van der Waals surface area contributed by atoms with Crippen molar-refractivity contribution in [2.75, 3.05) is 14.1 Å². The van der Waals surface area contributed by atoms with E-state index in [4.69, 9.17) is 0 Å². The number of phenolic OH excluding ortho intramolecular Hbond substituents is 2. The Morgan fingerprint density at radius 2 is 1.89 bits per heavy atom. The Morgan fingerprint density at radius 1 is 1.28 bits per heavy atom. The Morgan fingerprint density at radius 3 is 2.44 bits per heavy atom. The van der Waals surface area contributed by atoms with Crippen molar-refractivity contribution in [3.8, 4) is 11.5 Å². The predicted molar refractivity (Wildman–Crippen MR) is 65.4 cm³/mol. The van der Waals surface area contributed by atoms with Gasteiger partial charge in [0.2, 0.25) is 5.91 Å². The first-order chi connectivity index (χ1) is 8.34. The van der Waals surface area contributed by atoms with Gasteiger partial charge in [-0.2, -0.15) is 0 Å². The first-order valence-corrected chi connectivity index (χ1v) is 5.37. The molecule has 0 aromatic heterocycles. The van der Waals surface area contributed by atoms with Gasteiger partial charge in [0.25, 0.3) is 5.91 Å². The minimum Gasteiger partial charge on any atom is -0.504 e. The number of para-hydroxylation sites is 1. The second-order valence-electron chi connectivity index (χ2n) is 4.10. The molecule has 1 unspecified atom stereocenters. The fourth-order valence-electron chi connectivity index (χ4n) is 1.44. The number of hydrogen-bond donors (Lipinski definition) is 3. The van der Waals surface area contributed by atoms with E-state index in [0.29, 0.717) is 0 Å². The Kier molecular flexibility index (Phi) is 4.14. The van der Waals surface area contributed by atoms with Gasteiger partial charge >= 0.3 is 0 Å². The summed E-state index contributed by atoms with van der Waals surface area (Å²) in [6.07, 6.45) is 0. The van der Waals surface area contributed by atoms with Crippen LogP contribution in [0.15, 0.2) is 18.2 Å². The first kappa shape index (κ1) is 13.8. The van der Waals surface area contributed by atoms with Gasteiger partial charge in [0.15, 0.2) is 11.5 Å². The molecule has 0 aliphatic rings. The van der Waals surface area contributed by atoms with E-state index in [2.05, 4.69) is 5.32 Å². The van der Waals surface area contributed by atoms with E-state index in [9.17, 15) is 19.8 Å². The lowest BCUT2D eigenvalue weighted by atomic mass is 10.1. The van der Waals surface area contributed by atoms with Crippen molar-refractivity contribution in [1.29, 1.82) is 0 Å². The van der Waals surface area contributed by atoms with Crippen molar-refractivity contribution < 1.29 is 19.8 Å². The van der Waals surface area contributed by atoms with Gasteiger partial charge in [-0.3, -0.25) is 9.59 Å². The van der Waals surface area contributed by atoms with E-state index in [1.807, 2.05) is 0 Å². The van der Waals surface area contributed by atoms with Gasteiger partial charge in [0.05, 0.1) is 5.56 Å². The number of phenols is 2. The van der Waals surface area contributed by atoms with Crippen LogP contribution in [-0.2, 0) is 4.79 Å². The number of nitrogens with one attached hydrogen (secondary N) is 1. The minimum absolute atomic E-state index is 0.0755. The molecule has 0 saturated heterocycles. The molecule has 1 aromatic rings. The van der Waals surface area contributed by atoms with Gasteiger partial charge in [-0.1, -0.05) is 6.07 Å². The van der Waals surface area contributed by atoms with Crippen molar-refractivity contribution in [2.24, 2.45) is 0 Å². The second kappa shape index (κ2) is 5.39. The molecule has 2 amide bonds. The smallest absolute Gasteiger partial charge is 0.255 e. The molecule has 1 aromatic carbocycles. The number of amides is 2. The summed E-state index contributed by atoms with van der Waals surface area (Å²) in [5.74, 6) is -1.76. The fraction of sp³-hybridized carbons (Fsp3) is 0.333. The van der Waals surface area contributed by atoms with Gasteiger partial charge in [0.1, 0.15) is 6.04 Å². The highest BCUT2D eigenvalue weighted by atomic mass is 16.3. The van der Waals surface area contributed by atoms with Gasteiger partial charge in [-0.25, -0.2) is 0 Å². The molecule has 0 heterocycles. The number of carbonyl (C=O) groups excluding carboxylic acids is 2. The molecular weight excluding hydrogens is 236 g/mol. The summed E-state index contributed by atoms with van der Waals surface area (Å²) in [6, 6.07) is 3.34. The van der Waals surface area contributed by atoms with E-state index < -0.39 is 17.7 Å². The summed E-state index contributed by atoms with van der Waals surface area (Å²) >= 11 is 0. The van der Waals surface area contributed by atoms with Crippen LogP contribution in [0.1, 0.15) is 17.3 Å². The zero-order valence-electron chi connectivity index (χ0n) is 10.5. The number of nitrogens with zero attached hydrogens (tertiary/aromatic N) is 1. The largest absolute Gasteiger partial charge is 0.504 e. The quantitative estimate of drug-likeness (QED) is 0.675. The van der Waals surface area contributed by atoms with Gasteiger partial charge in [-0.15, -0.1) is 0 Å². The predicted octanol–water partition coefficient (Wildman–Crippen LogP) is 0.304. The molecule has 98 valence electrons. The summed E-state index contributed by atoms with van der Waals surface area (Å²) in [5.41, 5.74) is -0.0755. The third-order valence-corrected chi connectivity index (χ3v) is 2.42. The zero-order chi connectivity index (χ0) is 13.9. The summed E-state index contributed by atoms with van der Waals surface area (Å²) in [4.78, 5) is 24.7. The summed E-state index contributed by atoms with van der Waals surface area (Å²) in [6.45, 7) is 1.54. The fourth-order valence-corrected chi connectivity index (χ4v) is 1.44. The van der Waals surface area contributed by atoms with E-state index in [-0.39, 0.29) is 17.2 Å². The minimum atomic E-state index is -0.714. The molecule has 0 aliphatic heterocycles. The van der Waals surface area contributed by atoms with Crippen LogP contribution in [0.5, 0.6) is 11.5 Å². The third kappa shape index (κ3) is 2.91. The first-order valence-electron chi connectivity index (χ1n) is 5.37. The average Bonchev–Trinajstić information content (AvgIpc) is 2.31. The monoisotopic (exact) mass is 252 g/mol. The molecule has 0 radical (unpaired) electrons. The molecule has 1 rings (SSSR count). The number of hydrogen-bond acceptors (Lipinski definition) is 4. The van der Waals surface area contributed by atoms with Crippen LogP contribution in [-0.4, -0.2) is 47.1 Å². The van der Waals surface area contributed by atoms with Gasteiger partial charge in [0, 0.05) is 14.1 Å². The van der Waals surface area contributed by atoms with Crippen LogP contribution in [0.3, 0.4) is 0 Å². The normalized spacial score (nSPS) is 11.7. The highest BCUT2D eigenvalue weighted by Gasteiger charge is 2.20. The van der Waals surface area contributed by atoms with E-state index in [1.165, 1.54) is 23.1 Å². The van der Waals surface area contributed by atoms with Crippen molar-refractivity contribution in [2.45, 2.75) is 13.0 Å². The topological polar surface area (TPSA) is 89.9 Å². The molecule has 6 nitrogen and oxygen atoms in total. The van der Waals surface area contributed by atoms with Crippen LogP contribution in [0.25, 0.3) is 0 Å². The number of rotatable bonds is 3. The van der Waals surface area contributed by atoms with Crippen molar-refractivity contribution >= 4 is 11.8 Å². The maximum absolute atomic E-state index is 11.8. The highest BCUT2D eigenvalue weighted by molar-refractivity contribution is 6.00. The Labute approximate surface area is 105 Å². The van der Waals surface area contributed by atoms with Crippen LogP contribution < -0.4 is 5.32 Å². The number of aromatic hydroxyl groups is 2. The van der Waals surface area contributed by atoms with Gasteiger partial charge in [-0.05, 0) is 19.1 Å². The molecule has 0 aliphatic carbocycles. The second-order valence-corrected chi connectivity index (χ2v) is 4.10. The molecule has 0 bridgehead atoms. The molecule has 6 heteroatoms. The lowest BCUT2D eigenvalue weighted by molar-refractivity contribution is -0.130. The molecule has 0 fully saturated rings. The number of likely N-dealkylation sites (N-methyl/N-ethyl adjacent to an activating group) is 1. The standard InChI is InChI=1S/C12H16N2O4/c1-7(12(18)14(2)3)13-11(17)8-5-4-6-9(15)10(8)16/h4-7,15-16H,1-3H3,(H,13,17). The third-order valence-electron chi connectivity index (χ3n) is 2.42. The van der Waals surface area contributed by atoms with Crippen LogP contribution in [0.2, 0.25) is 0 Å². The molecule has 1 atom stereocenters. The summed E-state index contributed by atoms with van der Waals surface area (Å²) in [7, 11) is 3.16. The number of carbonyl (C=O) groups is 2. The molecule has 3 N–H and O–H groups in total. The van der Waals surface area contributed by atoms with E-state index in [0.717, 1.165) is 0 Å². The SMILES string of the molecule is CC(NC(=O)c1cccc(O)c1O)C(=O)N(C)C. The van der Waals surface area contributed by atoms with E-state index in [1.54, 1.807) is 21.0 Å². The summed E-state index contributed by atoms with van der Waals surface area (Å²) in [5, 5.41) is 21.2. The van der Waals surface area contributed by atoms with Crippen molar-refractivity contribution in [3.05, 3.63) is 23.8 Å². The number of benzene rings is 1. The molecular formula is C12H16N2O4. The maximum atomic E-state index is 11.8. The zero-order valence-corrected chi connectivity index (χ0v) is 10.5. The Bertz CT molecular complexity index is 471. The highest BCUT2D eigenvalue weighted by Crippen LogP contribution is 2.27. The van der Waals surface area contributed by atoms with Crippen LogP contribution in [0.4, 0.5) is 0 Å². The Balaban J connectivity index is 2.83. The molecule has 18 heavy (non-hydrogen) atoms. The lowest BCUT2D eigenvalue weighted by Crippen LogP contribution is -2.44. The summed E-state index contributed by atoms with van der Waals surface area (Å²) < 4.78 is 0. The molecule has 0 spiro atoms. The molecule has 0 saturated carbocycles.